The summed E-state index contributed by atoms with van der Waals surface area (Å²) in [5, 5.41) is 0.664. The Bertz CT molecular complexity index is 947. The zero-order chi connectivity index (χ0) is 24.1. The van der Waals surface area contributed by atoms with Gasteiger partial charge in [0.15, 0.2) is 0 Å². The van der Waals surface area contributed by atoms with Crippen molar-refractivity contribution >= 4 is 23.6 Å². The van der Waals surface area contributed by atoms with Gasteiger partial charge in [0, 0.05) is 18.1 Å². The van der Waals surface area contributed by atoms with Crippen LogP contribution in [-0.2, 0) is 16.4 Å². The number of carbonyl (C=O) groups excluding carboxylic acids is 1. The second-order valence-electron chi connectivity index (χ2n) is 8.57. The number of alkyl halides is 3. The van der Waals surface area contributed by atoms with Gasteiger partial charge in [-0.1, -0.05) is 68.3 Å². The molecule has 0 aromatic heterocycles. The minimum atomic E-state index is -4.33. The number of piperidine rings is 1. The van der Waals surface area contributed by atoms with E-state index in [1.165, 1.54) is 12.1 Å². The topological polar surface area (TPSA) is 20.3 Å². The van der Waals surface area contributed by atoms with Crippen molar-refractivity contribution in [1.29, 1.82) is 0 Å². The van der Waals surface area contributed by atoms with Gasteiger partial charge in [-0.3, -0.25) is 4.79 Å². The molecular formula is C27H31ClF3NO. The number of hydrogen-bond donors (Lipinski definition) is 0. The number of amides is 1. The van der Waals surface area contributed by atoms with Gasteiger partial charge >= 0.3 is 6.18 Å². The minimum absolute atomic E-state index is 0.189. The van der Waals surface area contributed by atoms with Gasteiger partial charge in [-0.25, -0.2) is 0 Å². The van der Waals surface area contributed by atoms with Crippen LogP contribution in [0.15, 0.2) is 54.6 Å². The maximum Gasteiger partial charge on any atom is 0.416 e. The van der Waals surface area contributed by atoms with Crippen LogP contribution in [0.1, 0.15) is 62.6 Å². The zero-order valence-electron chi connectivity index (χ0n) is 19.2. The number of benzene rings is 2. The largest absolute Gasteiger partial charge is 0.416 e. The smallest absolute Gasteiger partial charge is 0.341 e. The van der Waals surface area contributed by atoms with E-state index in [0.29, 0.717) is 11.6 Å². The predicted octanol–water partition coefficient (Wildman–Crippen LogP) is 7.76. The lowest BCUT2D eigenvalue weighted by Crippen LogP contribution is -2.53. The molecule has 0 bridgehead atoms. The molecule has 2 fully saturated rings. The van der Waals surface area contributed by atoms with Crippen LogP contribution < -0.4 is 0 Å². The van der Waals surface area contributed by atoms with E-state index in [-0.39, 0.29) is 11.8 Å². The fourth-order valence-corrected chi connectivity index (χ4v) is 4.74. The lowest BCUT2D eigenvalue weighted by Gasteiger charge is -2.45. The first kappa shape index (κ1) is 25.4. The van der Waals surface area contributed by atoms with Gasteiger partial charge in [0.1, 0.15) is 0 Å². The molecule has 4 rings (SSSR count). The highest BCUT2D eigenvalue weighted by molar-refractivity contribution is 6.30. The molecule has 0 radical (unpaired) electrons. The molecule has 1 heterocycles. The van der Waals surface area contributed by atoms with Crippen molar-refractivity contribution in [2.45, 2.75) is 57.5 Å². The Kier molecular flexibility index (Phi) is 8.28. The number of carbonyl (C=O) groups is 1. The maximum absolute atomic E-state index is 13.5. The molecular weight excluding hydrogens is 447 g/mol. The highest BCUT2D eigenvalue weighted by atomic mass is 35.5. The second-order valence-corrected chi connectivity index (χ2v) is 9.01. The lowest BCUT2D eigenvalue weighted by atomic mass is 9.63. The van der Waals surface area contributed by atoms with E-state index >= 15 is 0 Å². The molecule has 0 N–H and O–H groups in total. The van der Waals surface area contributed by atoms with E-state index in [0.717, 1.165) is 61.9 Å². The van der Waals surface area contributed by atoms with E-state index in [2.05, 4.69) is 0 Å². The van der Waals surface area contributed by atoms with Gasteiger partial charge in [0.2, 0.25) is 5.91 Å². The van der Waals surface area contributed by atoms with Gasteiger partial charge in [-0.05, 0) is 67.0 Å². The van der Waals surface area contributed by atoms with E-state index in [1.54, 1.807) is 0 Å². The van der Waals surface area contributed by atoms with E-state index in [9.17, 15) is 18.0 Å². The summed E-state index contributed by atoms with van der Waals surface area (Å²) in [6.45, 7) is 5.39. The van der Waals surface area contributed by atoms with Crippen LogP contribution in [0.2, 0.25) is 5.02 Å². The Balaban J connectivity index is 0.00000149. The molecule has 1 aliphatic heterocycles. The zero-order valence-corrected chi connectivity index (χ0v) is 19.9. The summed E-state index contributed by atoms with van der Waals surface area (Å²) >= 11 is 6.03. The molecule has 33 heavy (non-hydrogen) atoms. The number of nitrogens with zero attached hydrogens (tertiary/aromatic N) is 1. The Labute approximate surface area is 199 Å². The monoisotopic (exact) mass is 477 g/mol. The molecule has 1 atom stereocenters. The van der Waals surface area contributed by atoms with Crippen molar-refractivity contribution in [3.8, 4) is 0 Å². The summed E-state index contributed by atoms with van der Waals surface area (Å²) in [6, 6.07) is 12.8. The Morgan fingerprint density at radius 2 is 1.67 bits per heavy atom. The summed E-state index contributed by atoms with van der Waals surface area (Å²) in [5.41, 5.74) is 0.680. The van der Waals surface area contributed by atoms with Gasteiger partial charge in [0.05, 0.1) is 11.0 Å². The van der Waals surface area contributed by atoms with Crippen molar-refractivity contribution in [2.75, 3.05) is 13.1 Å². The van der Waals surface area contributed by atoms with Gasteiger partial charge in [0.25, 0.3) is 0 Å². The standard InChI is InChI=1S/C25H25ClF3NO.C2H6/c26-22-12-10-20(11-13-22)24(14-2-15-24)23(31)30-16-1-3-19(17-30)5-4-18-6-8-21(9-7-18)25(27,28)29;1-2/h4-13,19H,1-3,14-17H2;1-2H3/b5-4+;. The molecule has 2 nitrogen and oxygen atoms in total. The number of rotatable bonds is 4. The summed E-state index contributed by atoms with van der Waals surface area (Å²) in [6.07, 6.45) is 4.20. The number of hydrogen-bond acceptors (Lipinski definition) is 1. The second kappa shape index (κ2) is 10.8. The minimum Gasteiger partial charge on any atom is -0.341 e. The molecule has 6 heteroatoms. The number of likely N-dealkylation sites (tertiary alicyclic amines) is 1. The highest BCUT2D eigenvalue weighted by Gasteiger charge is 2.48. The van der Waals surface area contributed by atoms with Crippen LogP contribution in [0, 0.1) is 5.92 Å². The van der Waals surface area contributed by atoms with Crippen LogP contribution in [0.3, 0.4) is 0 Å². The first-order valence-corrected chi connectivity index (χ1v) is 12.1. The van der Waals surface area contributed by atoms with Crippen LogP contribution in [-0.4, -0.2) is 23.9 Å². The normalized spacial score (nSPS) is 20.1. The molecule has 2 aliphatic rings. The molecule has 1 unspecified atom stereocenters. The third-order valence-corrected chi connectivity index (χ3v) is 6.81. The van der Waals surface area contributed by atoms with Gasteiger partial charge in [-0.2, -0.15) is 13.2 Å². The Morgan fingerprint density at radius 1 is 1.03 bits per heavy atom. The number of halogens is 4. The van der Waals surface area contributed by atoms with Crippen molar-refractivity contribution in [3.63, 3.8) is 0 Å². The van der Waals surface area contributed by atoms with Crippen LogP contribution in [0.4, 0.5) is 13.2 Å². The van der Waals surface area contributed by atoms with Crippen LogP contribution in [0.25, 0.3) is 6.08 Å². The Hall–Kier alpha value is -2.27. The highest BCUT2D eigenvalue weighted by Crippen LogP contribution is 2.46. The van der Waals surface area contributed by atoms with E-state index in [1.807, 2.05) is 55.2 Å². The maximum atomic E-state index is 13.5. The van der Waals surface area contributed by atoms with Crippen molar-refractivity contribution in [2.24, 2.45) is 5.92 Å². The molecule has 2 aromatic rings. The van der Waals surface area contributed by atoms with Crippen molar-refractivity contribution in [3.05, 3.63) is 76.3 Å². The third-order valence-electron chi connectivity index (χ3n) is 6.56. The average Bonchev–Trinajstić information content (AvgIpc) is 2.79. The SMILES string of the molecule is CC.O=C(N1CCCC(/C=C/c2ccc(C(F)(F)F)cc2)C1)C1(c2ccc(Cl)cc2)CCC1. The molecule has 178 valence electrons. The van der Waals surface area contributed by atoms with E-state index in [4.69, 9.17) is 11.6 Å². The molecule has 2 aromatic carbocycles. The summed E-state index contributed by atoms with van der Waals surface area (Å²) in [5.74, 6) is 0.385. The molecule has 0 spiro atoms. The van der Waals surface area contributed by atoms with Gasteiger partial charge < -0.3 is 4.90 Å². The van der Waals surface area contributed by atoms with Crippen LogP contribution >= 0.6 is 11.6 Å². The summed E-state index contributed by atoms with van der Waals surface area (Å²) < 4.78 is 38.2. The summed E-state index contributed by atoms with van der Waals surface area (Å²) in [4.78, 5) is 15.5. The van der Waals surface area contributed by atoms with Crippen molar-refractivity contribution < 1.29 is 18.0 Å². The summed E-state index contributed by atoms with van der Waals surface area (Å²) in [7, 11) is 0. The Morgan fingerprint density at radius 3 is 2.21 bits per heavy atom. The first-order chi connectivity index (χ1) is 15.8. The lowest BCUT2D eigenvalue weighted by molar-refractivity contribution is -0.142. The quantitative estimate of drug-likeness (QED) is 0.440. The average molecular weight is 478 g/mol. The molecule has 1 saturated carbocycles. The van der Waals surface area contributed by atoms with Gasteiger partial charge in [-0.15, -0.1) is 0 Å². The molecule has 1 aliphatic carbocycles. The van der Waals surface area contributed by atoms with Crippen LogP contribution in [0.5, 0.6) is 0 Å². The fraction of sp³-hybridized carbons (Fsp3) is 0.444. The van der Waals surface area contributed by atoms with Crippen molar-refractivity contribution in [1.82, 2.24) is 4.90 Å². The predicted molar refractivity (Wildman–Crippen MR) is 128 cm³/mol. The third kappa shape index (κ3) is 5.81. The first-order valence-electron chi connectivity index (χ1n) is 11.7. The molecule has 1 amide bonds. The molecule has 1 saturated heterocycles. The fourth-order valence-electron chi connectivity index (χ4n) is 4.61. The van der Waals surface area contributed by atoms with E-state index < -0.39 is 17.2 Å².